The van der Waals surface area contributed by atoms with Gasteiger partial charge in [-0.05, 0) is 11.1 Å². The molecule has 0 aliphatic rings. The Bertz CT molecular complexity index is 355. The van der Waals surface area contributed by atoms with Gasteiger partial charge < -0.3 is 0 Å². The smallest absolute Gasteiger partial charge is 0.00607 e. The Morgan fingerprint density at radius 2 is 1.63 bits per heavy atom. The predicted molar refractivity (Wildman–Crippen MR) is 90.6 cm³/mol. The molecule has 0 N–H and O–H groups in total. The molecule has 0 amide bonds. The van der Waals surface area contributed by atoms with Crippen LogP contribution in [0.4, 0.5) is 0 Å². The van der Waals surface area contributed by atoms with Crippen LogP contribution in [0.1, 0.15) is 52.5 Å². The lowest BCUT2D eigenvalue weighted by Gasteiger charge is -2.12. The lowest BCUT2D eigenvalue weighted by molar-refractivity contribution is 0.886. The largest absolute Gasteiger partial charge is 0.0991 e. The number of allylic oxidation sites excluding steroid dienone is 4. The molecule has 0 saturated carbocycles. The first kappa shape index (κ1) is 19.8. The fraction of sp³-hybridized carbons (Fsp3) is 0.368. The van der Waals surface area contributed by atoms with Gasteiger partial charge in [-0.3, -0.25) is 0 Å². The zero-order valence-corrected chi connectivity index (χ0v) is 12.0. The van der Waals surface area contributed by atoms with Gasteiger partial charge in [-0.1, -0.05) is 103 Å². The molecule has 0 heteroatoms. The number of hydrogen-bond acceptors (Lipinski definition) is 0. The third-order valence-electron chi connectivity index (χ3n) is 2.85. The molecule has 0 fully saturated rings. The molecule has 1 atom stereocenters. The highest BCUT2D eigenvalue weighted by Gasteiger charge is 2.06. The summed E-state index contributed by atoms with van der Waals surface area (Å²) in [6.07, 6.45) is 8.33. The van der Waals surface area contributed by atoms with Gasteiger partial charge in [0.05, 0.1) is 0 Å². The summed E-state index contributed by atoms with van der Waals surface area (Å²) in [5, 5.41) is 0. The number of rotatable bonds is 5. The van der Waals surface area contributed by atoms with Crippen molar-refractivity contribution in [1.29, 1.82) is 0 Å². The van der Waals surface area contributed by atoms with Crippen molar-refractivity contribution in [2.75, 3.05) is 0 Å². The van der Waals surface area contributed by atoms with Crippen LogP contribution in [0.2, 0.25) is 0 Å². The molecule has 106 valence electrons. The van der Waals surface area contributed by atoms with E-state index in [1.807, 2.05) is 18.2 Å². The summed E-state index contributed by atoms with van der Waals surface area (Å²) in [4.78, 5) is 0. The van der Waals surface area contributed by atoms with Crippen LogP contribution in [0.5, 0.6) is 0 Å². The van der Waals surface area contributed by atoms with E-state index in [2.05, 4.69) is 58.2 Å². The van der Waals surface area contributed by atoms with Gasteiger partial charge >= 0.3 is 0 Å². The maximum Gasteiger partial charge on any atom is 0.00607 e. The Balaban J connectivity index is 0. The minimum atomic E-state index is 0. The summed E-state index contributed by atoms with van der Waals surface area (Å²) >= 11 is 0. The maximum absolute atomic E-state index is 3.81. The van der Waals surface area contributed by atoms with Crippen molar-refractivity contribution in [3.63, 3.8) is 0 Å². The lowest BCUT2D eigenvalue weighted by Crippen LogP contribution is -1.95. The van der Waals surface area contributed by atoms with Crippen LogP contribution in [-0.2, 0) is 0 Å². The van der Waals surface area contributed by atoms with Crippen molar-refractivity contribution in [2.24, 2.45) is 0 Å². The van der Waals surface area contributed by atoms with Gasteiger partial charge in [0.1, 0.15) is 0 Å². The van der Waals surface area contributed by atoms with Gasteiger partial charge in [-0.25, -0.2) is 0 Å². The van der Waals surface area contributed by atoms with Crippen molar-refractivity contribution in [3.05, 3.63) is 72.9 Å². The van der Waals surface area contributed by atoms with Crippen LogP contribution < -0.4 is 0 Å². The van der Waals surface area contributed by atoms with E-state index in [1.54, 1.807) is 6.08 Å². The minimum Gasteiger partial charge on any atom is -0.0991 e. The molecular weight excluding hydrogens is 228 g/mol. The average molecular weight is 258 g/mol. The molecule has 1 aromatic rings. The normalized spacial score (nSPS) is 11.4. The molecule has 1 unspecified atom stereocenters. The van der Waals surface area contributed by atoms with Crippen LogP contribution in [0, 0.1) is 0 Å². The summed E-state index contributed by atoms with van der Waals surface area (Å²) in [5.74, 6) is 0.381. The Labute approximate surface area is 120 Å². The highest BCUT2D eigenvalue weighted by atomic mass is 14.1. The second kappa shape index (κ2) is 12.9. The van der Waals surface area contributed by atoms with Crippen molar-refractivity contribution < 1.29 is 0 Å². The van der Waals surface area contributed by atoms with Gasteiger partial charge in [0.2, 0.25) is 0 Å². The molecule has 19 heavy (non-hydrogen) atoms. The summed E-state index contributed by atoms with van der Waals surface area (Å²) in [6.45, 7) is 14.0. The van der Waals surface area contributed by atoms with E-state index in [9.17, 15) is 0 Å². The Morgan fingerprint density at radius 3 is 2.00 bits per heavy atom. The highest BCUT2D eigenvalue weighted by molar-refractivity contribution is 5.34. The van der Waals surface area contributed by atoms with Crippen molar-refractivity contribution in [3.8, 4) is 0 Å². The van der Waals surface area contributed by atoms with Gasteiger partial charge in [-0.2, -0.15) is 0 Å². The third kappa shape index (κ3) is 8.20. The van der Waals surface area contributed by atoms with Crippen LogP contribution in [-0.4, -0.2) is 0 Å². The molecule has 0 aliphatic carbocycles. The summed E-state index contributed by atoms with van der Waals surface area (Å²) in [5.41, 5.74) is 2.51. The van der Waals surface area contributed by atoms with E-state index >= 15 is 0 Å². The first-order valence-corrected chi connectivity index (χ1v) is 6.71. The Morgan fingerprint density at radius 1 is 1.11 bits per heavy atom. The summed E-state index contributed by atoms with van der Waals surface area (Å²) < 4.78 is 0. The first-order chi connectivity index (χ1) is 8.71. The summed E-state index contributed by atoms with van der Waals surface area (Å²) in [7, 11) is 0. The van der Waals surface area contributed by atoms with Crippen LogP contribution in [0.15, 0.2) is 67.3 Å². The van der Waals surface area contributed by atoms with Crippen LogP contribution in [0.25, 0.3) is 0 Å². The fourth-order valence-electron chi connectivity index (χ4n) is 1.46. The van der Waals surface area contributed by atoms with Crippen LogP contribution in [0.3, 0.4) is 0 Å². The topological polar surface area (TPSA) is 0 Å². The monoisotopic (exact) mass is 258 g/mol. The van der Waals surface area contributed by atoms with E-state index in [-0.39, 0.29) is 7.43 Å². The van der Waals surface area contributed by atoms with E-state index in [4.69, 9.17) is 0 Å². The Kier molecular flexibility index (Phi) is 13.4. The fourth-order valence-corrected chi connectivity index (χ4v) is 1.46. The molecule has 0 nitrogen and oxygen atoms in total. The minimum absolute atomic E-state index is 0. The molecule has 0 radical (unpaired) electrons. The van der Waals surface area contributed by atoms with Gasteiger partial charge in [0.25, 0.3) is 0 Å². The molecule has 1 rings (SSSR count). The molecule has 1 aromatic carbocycles. The molecule has 0 spiro atoms. The zero-order chi connectivity index (χ0) is 13.8. The van der Waals surface area contributed by atoms with Crippen molar-refractivity contribution >= 4 is 0 Å². The van der Waals surface area contributed by atoms with Crippen molar-refractivity contribution in [2.45, 2.75) is 47.0 Å². The second-order valence-electron chi connectivity index (χ2n) is 4.24. The van der Waals surface area contributed by atoms with E-state index in [0.717, 1.165) is 0 Å². The molecular formula is C19H30. The van der Waals surface area contributed by atoms with Crippen molar-refractivity contribution in [1.82, 2.24) is 0 Å². The predicted octanol–water partition coefficient (Wildman–Crippen LogP) is 6.53. The summed E-state index contributed by atoms with van der Waals surface area (Å²) in [6, 6.07) is 10.4. The number of benzene rings is 1. The first-order valence-electron chi connectivity index (χ1n) is 6.71. The Hall–Kier alpha value is -1.56. The SMILES string of the molecule is C.C=C/C=C(\C=C)C(C)c1ccccc1.CCCC. The molecule has 0 saturated heterocycles. The van der Waals surface area contributed by atoms with Crippen LogP contribution >= 0.6 is 0 Å². The molecule has 0 aromatic heterocycles. The van der Waals surface area contributed by atoms with E-state index in [1.165, 1.54) is 24.0 Å². The molecule has 0 aliphatic heterocycles. The van der Waals surface area contributed by atoms with E-state index < -0.39 is 0 Å². The third-order valence-corrected chi connectivity index (χ3v) is 2.85. The van der Waals surface area contributed by atoms with Gasteiger partial charge in [-0.15, -0.1) is 0 Å². The highest BCUT2D eigenvalue weighted by Crippen LogP contribution is 2.23. The van der Waals surface area contributed by atoms with Gasteiger partial charge in [0.15, 0.2) is 0 Å². The maximum atomic E-state index is 3.81. The average Bonchev–Trinajstić information content (AvgIpc) is 2.45. The standard InChI is InChI=1S/C14H16.C4H10.CH4/c1-4-9-13(5-2)12(3)14-10-7-6-8-11-14;1-3-4-2;/h4-12H,1-2H2,3H3;3-4H2,1-2H3;1H4/b13-9+;;. The zero-order valence-electron chi connectivity index (χ0n) is 12.0. The van der Waals surface area contributed by atoms with E-state index in [0.29, 0.717) is 5.92 Å². The molecule has 0 bridgehead atoms. The van der Waals surface area contributed by atoms with Gasteiger partial charge in [0, 0.05) is 5.92 Å². The lowest BCUT2D eigenvalue weighted by atomic mass is 9.93. The quantitative estimate of drug-likeness (QED) is 0.527. The number of unbranched alkanes of at least 4 members (excludes halogenated alkanes) is 1. The number of hydrogen-bond donors (Lipinski definition) is 0. The molecule has 0 heterocycles. The second-order valence-corrected chi connectivity index (χ2v) is 4.24.